The summed E-state index contributed by atoms with van der Waals surface area (Å²) in [6.07, 6.45) is 2.82. The van der Waals surface area contributed by atoms with Gasteiger partial charge in [0.25, 0.3) is 0 Å². The molecule has 0 aromatic heterocycles. The average molecular weight is 364 g/mol. The standard InChI is InChI=1S/C18H22ClN3O3/c19-12-2-1-3-13(6-12)21-18(24)22-9-14-7-15(16(10-22)25-14)17(23)20-8-11-4-5-11/h1-3,6,11,14-16H,4-5,7-10H2,(H,20,23)(H,21,24)/t14-,15+,16-/m0/s1. The van der Waals surface area contributed by atoms with Gasteiger partial charge in [-0.2, -0.15) is 0 Å². The van der Waals surface area contributed by atoms with Gasteiger partial charge in [-0.3, -0.25) is 4.79 Å². The first-order chi connectivity index (χ1) is 12.1. The van der Waals surface area contributed by atoms with Crippen molar-refractivity contribution in [1.82, 2.24) is 10.2 Å². The molecule has 1 aliphatic carbocycles. The molecule has 1 aromatic rings. The lowest BCUT2D eigenvalue weighted by Crippen LogP contribution is -2.49. The van der Waals surface area contributed by atoms with Crippen LogP contribution >= 0.6 is 11.6 Å². The van der Waals surface area contributed by atoms with Crippen molar-refractivity contribution >= 4 is 29.2 Å². The van der Waals surface area contributed by atoms with Crippen LogP contribution in [0, 0.1) is 11.8 Å². The monoisotopic (exact) mass is 363 g/mol. The van der Waals surface area contributed by atoms with Gasteiger partial charge in [-0.1, -0.05) is 17.7 Å². The number of fused-ring (bicyclic) bond motifs is 2. The van der Waals surface area contributed by atoms with Crippen LogP contribution in [0.15, 0.2) is 24.3 Å². The lowest BCUT2D eigenvalue weighted by atomic mass is 9.99. The number of hydrogen-bond acceptors (Lipinski definition) is 3. The molecule has 1 aromatic carbocycles. The zero-order chi connectivity index (χ0) is 17.4. The van der Waals surface area contributed by atoms with Crippen molar-refractivity contribution < 1.29 is 14.3 Å². The van der Waals surface area contributed by atoms with Crippen molar-refractivity contribution in [3.8, 4) is 0 Å². The summed E-state index contributed by atoms with van der Waals surface area (Å²) in [5, 5.41) is 6.47. The second-order valence-corrected chi connectivity index (χ2v) is 7.61. The van der Waals surface area contributed by atoms with Gasteiger partial charge in [-0.25, -0.2) is 4.79 Å². The number of hydrogen-bond donors (Lipinski definition) is 2. The van der Waals surface area contributed by atoms with Crippen LogP contribution in [0.4, 0.5) is 10.5 Å². The third kappa shape index (κ3) is 3.90. The van der Waals surface area contributed by atoms with Crippen LogP contribution in [0.3, 0.4) is 0 Å². The SMILES string of the molecule is O=C(NCC1CC1)[C@@H]1C[C@H]2CN(C(=O)Nc3cccc(Cl)c3)C[C@@H]1O2. The van der Waals surface area contributed by atoms with E-state index >= 15 is 0 Å². The molecule has 7 heteroatoms. The summed E-state index contributed by atoms with van der Waals surface area (Å²) in [4.78, 5) is 26.6. The van der Waals surface area contributed by atoms with Gasteiger partial charge in [0, 0.05) is 30.3 Å². The van der Waals surface area contributed by atoms with E-state index in [2.05, 4.69) is 10.6 Å². The molecule has 2 saturated heterocycles. The number of carbonyl (C=O) groups excluding carboxylic acids is 2. The number of nitrogens with zero attached hydrogens (tertiary/aromatic N) is 1. The number of urea groups is 1. The highest BCUT2D eigenvalue weighted by Gasteiger charge is 2.45. The van der Waals surface area contributed by atoms with Gasteiger partial charge >= 0.3 is 6.03 Å². The van der Waals surface area contributed by atoms with E-state index < -0.39 is 0 Å². The summed E-state index contributed by atoms with van der Waals surface area (Å²) in [6.45, 7) is 1.71. The van der Waals surface area contributed by atoms with Gasteiger partial charge in [0.2, 0.25) is 5.91 Å². The molecule has 6 nitrogen and oxygen atoms in total. The average Bonchev–Trinajstić information content (AvgIpc) is 3.37. The Bertz CT molecular complexity index is 679. The Balaban J connectivity index is 1.34. The highest BCUT2D eigenvalue weighted by atomic mass is 35.5. The first kappa shape index (κ1) is 16.7. The van der Waals surface area contributed by atoms with Gasteiger partial charge in [-0.05, 0) is 43.4 Å². The van der Waals surface area contributed by atoms with Crippen LogP contribution in [0.5, 0.6) is 0 Å². The second kappa shape index (κ2) is 6.84. The Labute approximate surface area is 151 Å². The maximum Gasteiger partial charge on any atom is 0.322 e. The Hall–Kier alpha value is -1.79. The van der Waals surface area contributed by atoms with Gasteiger partial charge in [0.15, 0.2) is 0 Å². The molecule has 0 unspecified atom stereocenters. The predicted octanol–water partition coefficient (Wildman–Crippen LogP) is 2.49. The molecule has 0 spiro atoms. The summed E-state index contributed by atoms with van der Waals surface area (Å²) in [5.74, 6) is 0.565. The number of carbonyl (C=O) groups is 2. The van der Waals surface area contributed by atoms with Gasteiger partial charge in [0.05, 0.1) is 18.1 Å². The number of morpholine rings is 1. The van der Waals surface area contributed by atoms with E-state index in [-0.39, 0.29) is 30.1 Å². The van der Waals surface area contributed by atoms with Crippen molar-refractivity contribution in [2.45, 2.75) is 31.5 Å². The lowest BCUT2D eigenvalue weighted by molar-refractivity contribution is -0.127. The third-order valence-corrected chi connectivity index (χ3v) is 5.35. The highest BCUT2D eigenvalue weighted by Crippen LogP contribution is 2.33. The van der Waals surface area contributed by atoms with E-state index in [1.807, 2.05) is 0 Å². The second-order valence-electron chi connectivity index (χ2n) is 7.17. The predicted molar refractivity (Wildman–Crippen MR) is 94.5 cm³/mol. The molecular weight excluding hydrogens is 342 g/mol. The number of benzene rings is 1. The summed E-state index contributed by atoms with van der Waals surface area (Å²) in [7, 11) is 0. The van der Waals surface area contributed by atoms with Crippen molar-refractivity contribution in [1.29, 1.82) is 0 Å². The molecule has 25 heavy (non-hydrogen) atoms. The van der Waals surface area contributed by atoms with Crippen LogP contribution in [-0.2, 0) is 9.53 Å². The van der Waals surface area contributed by atoms with Crippen LogP contribution < -0.4 is 10.6 Å². The molecule has 2 aliphatic heterocycles. The molecule has 2 bridgehead atoms. The largest absolute Gasteiger partial charge is 0.370 e. The van der Waals surface area contributed by atoms with E-state index in [0.29, 0.717) is 36.1 Å². The molecule has 3 aliphatic rings. The van der Waals surface area contributed by atoms with E-state index in [4.69, 9.17) is 16.3 Å². The molecule has 3 fully saturated rings. The van der Waals surface area contributed by atoms with Crippen LogP contribution in [-0.4, -0.2) is 48.7 Å². The van der Waals surface area contributed by atoms with Crippen molar-refractivity contribution in [3.05, 3.63) is 29.3 Å². The summed E-state index contributed by atoms with van der Waals surface area (Å²) in [5.41, 5.74) is 0.662. The number of nitrogens with one attached hydrogen (secondary N) is 2. The van der Waals surface area contributed by atoms with E-state index in [9.17, 15) is 9.59 Å². The van der Waals surface area contributed by atoms with E-state index in [1.54, 1.807) is 29.2 Å². The maximum absolute atomic E-state index is 12.5. The fourth-order valence-corrected chi connectivity index (χ4v) is 3.76. The van der Waals surface area contributed by atoms with Gasteiger partial charge in [-0.15, -0.1) is 0 Å². The van der Waals surface area contributed by atoms with Crippen LogP contribution in [0.1, 0.15) is 19.3 Å². The fraction of sp³-hybridized carbons (Fsp3) is 0.556. The first-order valence-corrected chi connectivity index (χ1v) is 9.21. The Morgan fingerprint density at radius 2 is 2.12 bits per heavy atom. The molecule has 4 rings (SSSR count). The molecular formula is C18H22ClN3O3. The fourth-order valence-electron chi connectivity index (χ4n) is 3.57. The Morgan fingerprint density at radius 1 is 1.28 bits per heavy atom. The summed E-state index contributed by atoms with van der Waals surface area (Å²) >= 11 is 5.95. The summed E-state index contributed by atoms with van der Waals surface area (Å²) in [6, 6.07) is 6.88. The van der Waals surface area contributed by atoms with E-state index in [1.165, 1.54) is 12.8 Å². The number of amides is 3. The first-order valence-electron chi connectivity index (χ1n) is 8.83. The van der Waals surface area contributed by atoms with Crippen molar-refractivity contribution in [2.24, 2.45) is 11.8 Å². The van der Waals surface area contributed by atoms with Crippen LogP contribution in [0.2, 0.25) is 5.02 Å². The zero-order valence-electron chi connectivity index (χ0n) is 13.9. The van der Waals surface area contributed by atoms with Gasteiger partial charge in [0.1, 0.15) is 0 Å². The molecule has 2 N–H and O–H groups in total. The van der Waals surface area contributed by atoms with Crippen molar-refractivity contribution in [3.63, 3.8) is 0 Å². The minimum Gasteiger partial charge on any atom is -0.370 e. The molecule has 2 heterocycles. The number of ether oxygens (including phenoxy) is 1. The summed E-state index contributed by atoms with van der Waals surface area (Å²) < 4.78 is 5.90. The van der Waals surface area contributed by atoms with Crippen LogP contribution in [0.25, 0.3) is 0 Å². The topological polar surface area (TPSA) is 70.7 Å². The minimum atomic E-state index is -0.219. The van der Waals surface area contributed by atoms with Gasteiger partial charge < -0.3 is 20.3 Å². The number of anilines is 1. The van der Waals surface area contributed by atoms with E-state index in [0.717, 1.165) is 6.54 Å². The lowest BCUT2D eigenvalue weighted by Gasteiger charge is -2.32. The minimum absolute atomic E-state index is 0.0662. The molecule has 3 amide bonds. The number of halogens is 1. The highest BCUT2D eigenvalue weighted by molar-refractivity contribution is 6.30. The maximum atomic E-state index is 12.5. The Kier molecular flexibility index (Phi) is 4.56. The molecule has 1 saturated carbocycles. The number of rotatable bonds is 4. The third-order valence-electron chi connectivity index (χ3n) is 5.12. The smallest absolute Gasteiger partial charge is 0.322 e. The molecule has 0 radical (unpaired) electrons. The van der Waals surface area contributed by atoms with Crippen molar-refractivity contribution in [2.75, 3.05) is 25.0 Å². The normalized spacial score (nSPS) is 27.9. The Morgan fingerprint density at radius 3 is 2.88 bits per heavy atom. The number of likely N-dealkylation sites (tertiary alicyclic amines) is 1. The molecule has 134 valence electrons. The quantitative estimate of drug-likeness (QED) is 0.863. The molecule has 3 atom stereocenters. The zero-order valence-corrected chi connectivity index (χ0v) is 14.7.